The van der Waals surface area contributed by atoms with Crippen LogP contribution in [0.15, 0.2) is 54.7 Å². The Morgan fingerprint density at radius 1 is 1.00 bits per heavy atom. The van der Waals surface area contributed by atoms with Crippen LogP contribution in [-0.4, -0.2) is 29.9 Å². The van der Waals surface area contributed by atoms with Gasteiger partial charge in [0.05, 0.1) is 36.7 Å². The van der Waals surface area contributed by atoms with Gasteiger partial charge in [-0.2, -0.15) is 5.26 Å². The van der Waals surface area contributed by atoms with Gasteiger partial charge < -0.3 is 9.64 Å². The number of rotatable bonds is 2. The molecule has 6 heteroatoms. The highest BCUT2D eigenvalue weighted by Crippen LogP contribution is 2.52. The van der Waals surface area contributed by atoms with Crippen LogP contribution in [0.1, 0.15) is 17.2 Å². The normalized spacial score (nSPS) is 27.3. The minimum atomic E-state index is -0.680. The molecule has 2 amide bonds. The van der Waals surface area contributed by atoms with Gasteiger partial charge in [0, 0.05) is 6.20 Å². The lowest BCUT2D eigenvalue weighted by Crippen LogP contribution is -2.40. The van der Waals surface area contributed by atoms with Crippen LogP contribution >= 0.6 is 0 Å². The molecule has 3 aliphatic rings. The lowest BCUT2D eigenvalue weighted by molar-refractivity contribution is -0.123. The predicted octanol–water partition coefficient (Wildman–Crippen LogP) is 2.73. The van der Waals surface area contributed by atoms with Crippen molar-refractivity contribution in [2.75, 3.05) is 12.0 Å². The zero-order chi connectivity index (χ0) is 19.4. The van der Waals surface area contributed by atoms with Crippen molar-refractivity contribution < 1.29 is 14.3 Å². The number of fused-ring (bicyclic) bond motifs is 5. The molecule has 2 aromatic carbocycles. The van der Waals surface area contributed by atoms with E-state index in [2.05, 4.69) is 6.07 Å². The molecule has 0 aliphatic carbocycles. The van der Waals surface area contributed by atoms with E-state index in [9.17, 15) is 14.9 Å². The van der Waals surface area contributed by atoms with E-state index in [4.69, 9.17) is 4.74 Å². The van der Waals surface area contributed by atoms with E-state index < -0.39 is 17.9 Å². The van der Waals surface area contributed by atoms with Crippen LogP contribution in [0.3, 0.4) is 0 Å². The molecule has 3 heterocycles. The molecule has 0 bridgehead atoms. The Morgan fingerprint density at radius 3 is 2.43 bits per heavy atom. The number of ether oxygens (including phenoxy) is 1. The third-order valence-electron chi connectivity index (χ3n) is 5.92. The molecule has 2 aromatic rings. The van der Waals surface area contributed by atoms with Crippen LogP contribution in [0.4, 0.5) is 5.69 Å². The van der Waals surface area contributed by atoms with Gasteiger partial charge in [0.1, 0.15) is 11.8 Å². The van der Waals surface area contributed by atoms with E-state index in [-0.39, 0.29) is 17.9 Å². The molecule has 6 nitrogen and oxygen atoms in total. The van der Waals surface area contributed by atoms with E-state index in [1.165, 1.54) is 4.90 Å². The summed E-state index contributed by atoms with van der Waals surface area (Å²) in [5, 5.41) is 9.81. The Hall–Kier alpha value is -3.59. The third-order valence-corrected chi connectivity index (χ3v) is 5.92. The monoisotopic (exact) mass is 371 g/mol. The number of carbonyl (C=O) groups excluding carboxylic acids is 2. The Labute approximate surface area is 162 Å². The maximum Gasteiger partial charge on any atom is 0.240 e. The summed E-state index contributed by atoms with van der Waals surface area (Å²) in [5.74, 6) is -1.17. The van der Waals surface area contributed by atoms with Crippen molar-refractivity contribution in [3.63, 3.8) is 0 Å². The standard InChI is InChI=1S/C22H17N3O3/c1-28-15-8-6-14(7-9-15)25-21(26)18-17(12-23)24-11-10-13-4-2-3-5-16(13)20(24)19(18)22(25)27/h2-11,17-20H,1H3/t17-,18+,19+,20?/m1/s1. The van der Waals surface area contributed by atoms with Crippen molar-refractivity contribution in [3.05, 3.63) is 65.9 Å². The van der Waals surface area contributed by atoms with Gasteiger partial charge in [-0.15, -0.1) is 0 Å². The van der Waals surface area contributed by atoms with Gasteiger partial charge >= 0.3 is 0 Å². The van der Waals surface area contributed by atoms with Gasteiger partial charge in [-0.05, 0) is 41.5 Å². The fraction of sp³-hybridized carbons (Fsp3) is 0.227. The molecule has 0 N–H and O–H groups in total. The van der Waals surface area contributed by atoms with E-state index in [0.717, 1.165) is 11.1 Å². The molecule has 3 aliphatic heterocycles. The summed E-state index contributed by atoms with van der Waals surface area (Å²) in [4.78, 5) is 29.7. The number of carbonyl (C=O) groups is 2. The highest BCUT2D eigenvalue weighted by atomic mass is 16.5. The Balaban J connectivity index is 1.60. The second-order valence-electron chi connectivity index (χ2n) is 7.17. The largest absolute Gasteiger partial charge is 0.497 e. The van der Waals surface area contributed by atoms with Gasteiger partial charge in [0.25, 0.3) is 0 Å². The quantitative estimate of drug-likeness (QED) is 0.759. The molecule has 28 heavy (non-hydrogen) atoms. The summed E-state index contributed by atoms with van der Waals surface area (Å²) in [6, 6.07) is 15.9. The third kappa shape index (κ3) is 2.07. The van der Waals surface area contributed by atoms with Crippen LogP contribution in [0.25, 0.3) is 6.08 Å². The predicted molar refractivity (Wildman–Crippen MR) is 102 cm³/mol. The maximum absolute atomic E-state index is 13.4. The Bertz CT molecular complexity index is 1050. The summed E-state index contributed by atoms with van der Waals surface area (Å²) >= 11 is 0. The number of methoxy groups -OCH3 is 1. The maximum atomic E-state index is 13.4. The summed E-state index contributed by atoms with van der Waals surface area (Å²) in [6.07, 6.45) is 3.78. The minimum absolute atomic E-state index is 0.252. The van der Waals surface area contributed by atoms with Gasteiger partial charge in [-0.1, -0.05) is 24.3 Å². The van der Waals surface area contributed by atoms with Crippen LogP contribution in [-0.2, 0) is 9.59 Å². The first-order valence-electron chi connectivity index (χ1n) is 9.12. The average Bonchev–Trinajstić information content (AvgIpc) is 3.20. The van der Waals surface area contributed by atoms with E-state index >= 15 is 0 Å². The van der Waals surface area contributed by atoms with Gasteiger partial charge in [0.2, 0.25) is 11.8 Å². The zero-order valence-corrected chi connectivity index (χ0v) is 15.1. The molecule has 0 saturated carbocycles. The van der Waals surface area contributed by atoms with Crippen LogP contribution < -0.4 is 9.64 Å². The summed E-state index contributed by atoms with van der Waals surface area (Å²) in [6.45, 7) is 0. The van der Waals surface area contributed by atoms with Gasteiger partial charge in [0.15, 0.2) is 0 Å². The molecule has 0 spiro atoms. The number of amides is 2. The Kier molecular flexibility index (Phi) is 3.53. The first kappa shape index (κ1) is 16.6. The zero-order valence-electron chi connectivity index (χ0n) is 15.1. The molecule has 5 rings (SSSR count). The molecule has 2 fully saturated rings. The van der Waals surface area contributed by atoms with E-state index in [1.54, 1.807) is 31.4 Å². The fourth-order valence-corrected chi connectivity index (χ4v) is 4.69. The molecule has 1 unspecified atom stereocenters. The number of hydrogen-bond acceptors (Lipinski definition) is 5. The molecule has 138 valence electrons. The highest BCUT2D eigenvalue weighted by molar-refractivity contribution is 6.23. The van der Waals surface area contributed by atoms with Crippen LogP contribution in [0.2, 0.25) is 0 Å². The number of anilines is 1. The lowest BCUT2D eigenvalue weighted by atomic mass is 9.85. The lowest BCUT2D eigenvalue weighted by Gasteiger charge is -2.33. The van der Waals surface area contributed by atoms with E-state index in [0.29, 0.717) is 11.4 Å². The molecule has 0 aromatic heterocycles. The SMILES string of the molecule is COc1ccc(N2C(=O)[C@@H]3[C@H](C2=O)C2c4ccccc4C=CN2[C@@H]3C#N)cc1. The molecule has 0 radical (unpaired) electrons. The van der Waals surface area contributed by atoms with Crippen molar-refractivity contribution in [2.45, 2.75) is 12.1 Å². The highest BCUT2D eigenvalue weighted by Gasteiger charge is 2.63. The van der Waals surface area contributed by atoms with Crippen LogP contribution in [0, 0.1) is 23.2 Å². The van der Waals surface area contributed by atoms with Crippen molar-refractivity contribution in [1.29, 1.82) is 5.26 Å². The fourth-order valence-electron chi connectivity index (χ4n) is 4.69. The first-order valence-corrected chi connectivity index (χ1v) is 9.12. The summed E-state index contributed by atoms with van der Waals surface area (Å²) in [5.41, 5.74) is 2.51. The first-order chi connectivity index (χ1) is 13.7. The molecule has 2 saturated heterocycles. The van der Waals surface area contributed by atoms with Crippen molar-refractivity contribution in [3.8, 4) is 11.8 Å². The minimum Gasteiger partial charge on any atom is -0.497 e. The number of nitriles is 1. The van der Waals surface area contributed by atoms with Crippen LogP contribution in [0.5, 0.6) is 5.75 Å². The Morgan fingerprint density at radius 2 is 1.71 bits per heavy atom. The number of hydrogen-bond donors (Lipinski definition) is 0. The van der Waals surface area contributed by atoms with Gasteiger partial charge in [-0.3, -0.25) is 9.59 Å². The summed E-state index contributed by atoms with van der Waals surface area (Å²) < 4.78 is 5.16. The molecule has 4 atom stereocenters. The molecular weight excluding hydrogens is 354 g/mol. The van der Waals surface area contributed by atoms with Crippen molar-refractivity contribution >= 4 is 23.6 Å². The second kappa shape index (κ2) is 5.96. The van der Waals surface area contributed by atoms with Crippen molar-refractivity contribution in [2.24, 2.45) is 11.8 Å². The summed E-state index contributed by atoms with van der Waals surface area (Å²) in [7, 11) is 1.56. The van der Waals surface area contributed by atoms with E-state index in [1.807, 2.05) is 41.4 Å². The van der Waals surface area contributed by atoms with Crippen molar-refractivity contribution in [1.82, 2.24) is 4.90 Å². The number of imide groups is 1. The smallest absolute Gasteiger partial charge is 0.240 e. The second-order valence-corrected chi connectivity index (χ2v) is 7.17. The number of nitrogens with zero attached hydrogens (tertiary/aromatic N) is 3. The van der Waals surface area contributed by atoms with Gasteiger partial charge in [-0.25, -0.2) is 4.90 Å². The number of benzene rings is 2. The average molecular weight is 371 g/mol. The topological polar surface area (TPSA) is 73.6 Å². The molecular formula is C22H17N3O3.